The van der Waals surface area contributed by atoms with E-state index < -0.39 is 0 Å². The highest BCUT2D eigenvalue weighted by atomic mass is 35.5. The maximum atomic E-state index is 12.2. The van der Waals surface area contributed by atoms with Gasteiger partial charge in [-0.15, -0.1) is 0 Å². The van der Waals surface area contributed by atoms with Crippen LogP contribution < -0.4 is 10.1 Å². The van der Waals surface area contributed by atoms with E-state index in [1.165, 1.54) is 5.56 Å². The number of nitrogens with one attached hydrogen (secondary N) is 1. The zero-order valence-corrected chi connectivity index (χ0v) is 18.2. The van der Waals surface area contributed by atoms with Gasteiger partial charge in [-0.2, -0.15) is 0 Å². The van der Waals surface area contributed by atoms with Crippen LogP contribution in [-0.4, -0.2) is 30.8 Å². The molecular weight excluding hydrogens is 386 g/mol. The van der Waals surface area contributed by atoms with E-state index in [9.17, 15) is 4.79 Å². The van der Waals surface area contributed by atoms with Crippen LogP contribution in [0.3, 0.4) is 0 Å². The van der Waals surface area contributed by atoms with E-state index in [-0.39, 0.29) is 17.6 Å². The number of rotatable bonds is 9. The second-order valence-electron chi connectivity index (χ2n) is 8.27. The lowest BCUT2D eigenvalue weighted by atomic mass is 9.91. The second kappa shape index (κ2) is 9.64. The fourth-order valence-corrected chi connectivity index (χ4v) is 3.81. The number of benzene rings is 2. The first-order chi connectivity index (χ1) is 13.8. The molecule has 1 atom stereocenters. The molecule has 0 aliphatic carbocycles. The van der Waals surface area contributed by atoms with Gasteiger partial charge in [0.25, 0.3) is 0 Å². The molecule has 0 radical (unpaired) electrons. The van der Waals surface area contributed by atoms with Gasteiger partial charge in [0.05, 0.1) is 12.5 Å². The Kier molecular flexibility index (Phi) is 7.20. The highest BCUT2D eigenvalue weighted by Crippen LogP contribution is 2.37. The standard InChI is InChI=1S/C24H30ClNO3/c1-17(2)28-12-4-11-26-23(27)14-19-7-10-22-20(13-19)16-24(3,29-22)15-18-5-8-21(25)9-6-18/h5-10,13,17H,4,11-12,14-16H2,1-3H3,(H,26,27)/t24-/m1/s1. The lowest BCUT2D eigenvalue weighted by Crippen LogP contribution is -2.32. The van der Waals surface area contributed by atoms with Crippen molar-refractivity contribution in [2.45, 2.75) is 58.2 Å². The van der Waals surface area contributed by atoms with Gasteiger partial charge in [0.2, 0.25) is 5.91 Å². The largest absolute Gasteiger partial charge is 0.487 e. The van der Waals surface area contributed by atoms with Crippen molar-refractivity contribution in [2.24, 2.45) is 0 Å². The lowest BCUT2D eigenvalue weighted by molar-refractivity contribution is -0.120. The van der Waals surface area contributed by atoms with Crippen LogP contribution in [0.1, 0.15) is 43.9 Å². The highest BCUT2D eigenvalue weighted by Gasteiger charge is 2.35. The number of fused-ring (bicyclic) bond motifs is 1. The third-order valence-corrected chi connectivity index (χ3v) is 5.25. The molecule has 0 saturated heterocycles. The van der Waals surface area contributed by atoms with Crippen LogP contribution in [-0.2, 0) is 28.8 Å². The predicted molar refractivity (Wildman–Crippen MR) is 117 cm³/mol. The van der Waals surface area contributed by atoms with Gasteiger partial charge >= 0.3 is 0 Å². The molecule has 4 nitrogen and oxygen atoms in total. The van der Waals surface area contributed by atoms with Crippen molar-refractivity contribution >= 4 is 17.5 Å². The zero-order chi connectivity index (χ0) is 20.9. The van der Waals surface area contributed by atoms with E-state index in [1.807, 2.05) is 50.2 Å². The molecule has 1 heterocycles. The SMILES string of the molecule is CC(C)OCCCNC(=O)Cc1ccc2c(c1)C[C@@](C)(Cc1ccc(Cl)cc1)O2. The lowest BCUT2D eigenvalue weighted by Gasteiger charge is -2.24. The molecule has 1 aliphatic rings. The van der Waals surface area contributed by atoms with Crippen LogP contribution >= 0.6 is 11.6 Å². The summed E-state index contributed by atoms with van der Waals surface area (Å²) in [5, 5.41) is 3.71. The van der Waals surface area contributed by atoms with Crippen molar-refractivity contribution in [3.05, 3.63) is 64.2 Å². The summed E-state index contributed by atoms with van der Waals surface area (Å²) in [6.07, 6.45) is 3.07. The summed E-state index contributed by atoms with van der Waals surface area (Å²) in [6.45, 7) is 7.46. The van der Waals surface area contributed by atoms with Gasteiger partial charge in [-0.1, -0.05) is 35.9 Å². The van der Waals surface area contributed by atoms with Gasteiger partial charge < -0.3 is 14.8 Å². The molecule has 1 N–H and O–H groups in total. The van der Waals surface area contributed by atoms with Crippen molar-refractivity contribution in [2.75, 3.05) is 13.2 Å². The maximum Gasteiger partial charge on any atom is 0.224 e. The van der Waals surface area contributed by atoms with Crippen molar-refractivity contribution in [1.82, 2.24) is 5.32 Å². The van der Waals surface area contributed by atoms with Crippen molar-refractivity contribution in [1.29, 1.82) is 0 Å². The number of halogens is 1. The van der Waals surface area contributed by atoms with Crippen LogP contribution in [0.2, 0.25) is 5.02 Å². The number of carbonyl (C=O) groups excluding carboxylic acids is 1. The molecule has 2 aromatic carbocycles. The van der Waals surface area contributed by atoms with Crippen LogP contribution in [0.5, 0.6) is 5.75 Å². The smallest absolute Gasteiger partial charge is 0.224 e. The van der Waals surface area contributed by atoms with Crippen molar-refractivity contribution in [3.8, 4) is 5.75 Å². The number of hydrogen-bond acceptors (Lipinski definition) is 3. The molecule has 1 amide bonds. The minimum absolute atomic E-state index is 0.0392. The van der Waals surface area contributed by atoms with Gasteiger partial charge in [-0.3, -0.25) is 4.79 Å². The van der Waals surface area contributed by atoms with Crippen LogP contribution in [0.25, 0.3) is 0 Å². The molecule has 5 heteroatoms. The van der Waals surface area contributed by atoms with E-state index in [0.29, 0.717) is 19.6 Å². The van der Waals surface area contributed by atoms with Gasteiger partial charge in [-0.25, -0.2) is 0 Å². The third-order valence-electron chi connectivity index (χ3n) is 5.00. The summed E-state index contributed by atoms with van der Waals surface area (Å²) in [7, 11) is 0. The van der Waals surface area contributed by atoms with Crippen molar-refractivity contribution in [3.63, 3.8) is 0 Å². The molecular formula is C24H30ClNO3. The topological polar surface area (TPSA) is 47.6 Å². The molecule has 1 aliphatic heterocycles. The summed E-state index contributed by atoms with van der Waals surface area (Å²) in [5.41, 5.74) is 3.09. The summed E-state index contributed by atoms with van der Waals surface area (Å²) in [6, 6.07) is 14.0. The summed E-state index contributed by atoms with van der Waals surface area (Å²) >= 11 is 5.98. The first kappa shape index (κ1) is 21.7. The van der Waals surface area contributed by atoms with E-state index in [0.717, 1.165) is 41.2 Å². The first-order valence-electron chi connectivity index (χ1n) is 10.3. The first-order valence-corrected chi connectivity index (χ1v) is 10.6. The molecule has 0 aromatic heterocycles. The minimum atomic E-state index is -0.284. The van der Waals surface area contributed by atoms with Gasteiger partial charge in [-0.05, 0) is 62.1 Å². The molecule has 0 saturated carbocycles. The fraction of sp³-hybridized carbons (Fsp3) is 0.458. The molecule has 156 valence electrons. The Hall–Kier alpha value is -2.04. The predicted octanol–water partition coefficient (Wildman–Crippen LogP) is 4.75. The van der Waals surface area contributed by atoms with Gasteiger partial charge in [0.15, 0.2) is 0 Å². The van der Waals surface area contributed by atoms with Crippen LogP contribution in [0.15, 0.2) is 42.5 Å². The Morgan fingerprint density at radius 1 is 1.21 bits per heavy atom. The third kappa shape index (κ3) is 6.48. The Labute approximate surface area is 178 Å². The van der Waals surface area contributed by atoms with E-state index >= 15 is 0 Å². The van der Waals surface area contributed by atoms with Crippen LogP contribution in [0, 0.1) is 0 Å². The summed E-state index contributed by atoms with van der Waals surface area (Å²) in [4.78, 5) is 12.2. The number of ether oxygens (including phenoxy) is 2. The Morgan fingerprint density at radius 2 is 1.93 bits per heavy atom. The maximum absolute atomic E-state index is 12.2. The molecule has 2 aromatic rings. The van der Waals surface area contributed by atoms with E-state index in [1.54, 1.807) is 0 Å². The monoisotopic (exact) mass is 415 g/mol. The van der Waals surface area contributed by atoms with Gasteiger partial charge in [0, 0.05) is 31.0 Å². The zero-order valence-electron chi connectivity index (χ0n) is 17.5. The molecule has 0 unspecified atom stereocenters. The minimum Gasteiger partial charge on any atom is -0.487 e. The average molecular weight is 416 g/mol. The second-order valence-corrected chi connectivity index (χ2v) is 8.71. The molecule has 29 heavy (non-hydrogen) atoms. The molecule has 3 rings (SSSR count). The summed E-state index contributed by atoms with van der Waals surface area (Å²) in [5.74, 6) is 0.953. The molecule has 0 fully saturated rings. The van der Waals surface area contributed by atoms with E-state index in [2.05, 4.69) is 18.3 Å². The number of carbonyl (C=O) groups is 1. The van der Waals surface area contributed by atoms with Gasteiger partial charge in [0.1, 0.15) is 11.4 Å². The Morgan fingerprint density at radius 3 is 2.66 bits per heavy atom. The summed E-state index contributed by atoms with van der Waals surface area (Å²) < 4.78 is 11.7. The highest BCUT2D eigenvalue weighted by molar-refractivity contribution is 6.30. The number of hydrogen-bond donors (Lipinski definition) is 1. The van der Waals surface area contributed by atoms with Crippen LogP contribution in [0.4, 0.5) is 0 Å². The van der Waals surface area contributed by atoms with Crippen molar-refractivity contribution < 1.29 is 14.3 Å². The molecule has 0 spiro atoms. The Bertz CT molecular complexity index is 835. The Balaban J connectivity index is 1.51. The normalized spacial score (nSPS) is 17.8. The fourth-order valence-electron chi connectivity index (χ4n) is 3.68. The number of amides is 1. The van der Waals surface area contributed by atoms with E-state index in [4.69, 9.17) is 21.1 Å². The molecule has 0 bridgehead atoms. The average Bonchev–Trinajstić information content (AvgIpc) is 2.98. The quantitative estimate of drug-likeness (QED) is 0.601.